The van der Waals surface area contributed by atoms with E-state index in [-0.39, 0.29) is 5.82 Å². The Morgan fingerprint density at radius 2 is 2.07 bits per heavy atom. The van der Waals surface area contributed by atoms with E-state index >= 15 is 0 Å². The molecule has 14 heavy (non-hydrogen) atoms. The van der Waals surface area contributed by atoms with E-state index in [0.717, 1.165) is 0 Å². The highest BCUT2D eigenvalue weighted by atomic mass is 19.1. The number of benzene rings is 1. The minimum absolute atomic E-state index is 0.242. The van der Waals surface area contributed by atoms with Gasteiger partial charge in [-0.05, 0) is 11.6 Å². The summed E-state index contributed by atoms with van der Waals surface area (Å²) in [6.07, 6.45) is 1.84. The van der Waals surface area contributed by atoms with Crippen molar-refractivity contribution in [2.45, 2.75) is 6.42 Å². The zero-order valence-corrected chi connectivity index (χ0v) is 7.40. The summed E-state index contributed by atoms with van der Waals surface area (Å²) in [5.41, 5.74) is 6.80. The normalized spacial score (nSPS) is 10.4. The molecule has 0 saturated heterocycles. The second-order valence-corrected chi connectivity index (χ2v) is 2.99. The molecule has 0 aliphatic heterocycles. The molecule has 2 aromatic rings. The van der Waals surface area contributed by atoms with Crippen LogP contribution < -0.4 is 5.73 Å². The fraction of sp³-hybridized carbons (Fsp3) is 0.100. The van der Waals surface area contributed by atoms with Crippen molar-refractivity contribution in [3.8, 4) is 0 Å². The molecule has 0 fully saturated rings. The number of anilines is 1. The molecule has 0 amide bonds. The topological polar surface area (TPSA) is 52.0 Å². The van der Waals surface area contributed by atoms with Crippen LogP contribution in [0.2, 0.25) is 0 Å². The van der Waals surface area contributed by atoms with Crippen LogP contribution in [0.3, 0.4) is 0 Å². The van der Waals surface area contributed by atoms with Gasteiger partial charge in [-0.3, -0.25) is 0 Å². The second kappa shape index (κ2) is 3.49. The van der Waals surface area contributed by atoms with Crippen LogP contribution in [0.15, 0.2) is 35.1 Å². The van der Waals surface area contributed by atoms with Gasteiger partial charge in [-0.2, -0.15) is 0 Å². The number of hydrogen-bond donors (Lipinski definition) is 1. The van der Waals surface area contributed by atoms with Crippen LogP contribution in [0.1, 0.15) is 11.1 Å². The van der Waals surface area contributed by atoms with Crippen molar-refractivity contribution in [1.82, 2.24) is 5.16 Å². The van der Waals surface area contributed by atoms with E-state index in [1.54, 1.807) is 18.2 Å². The highest BCUT2D eigenvalue weighted by Gasteiger charge is 2.07. The molecular weight excluding hydrogens is 183 g/mol. The van der Waals surface area contributed by atoms with E-state index in [4.69, 9.17) is 5.73 Å². The van der Waals surface area contributed by atoms with Gasteiger partial charge in [-0.15, -0.1) is 0 Å². The molecular formula is C10H9FN2O. The van der Waals surface area contributed by atoms with Crippen LogP contribution >= 0.6 is 0 Å². The van der Waals surface area contributed by atoms with Gasteiger partial charge in [0.15, 0.2) is 5.82 Å². The maximum absolute atomic E-state index is 13.2. The van der Waals surface area contributed by atoms with Gasteiger partial charge < -0.3 is 10.3 Å². The van der Waals surface area contributed by atoms with Crippen molar-refractivity contribution < 1.29 is 8.91 Å². The Labute approximate surface area is 80.3 Å². The minimum atomic E-state index is -0.242. The van der Waals surface area contributed by atoms with Gasteiger partial charge >= 0.3 is 0 Å². The fourth-order valence-electron chi connectivity index (χ4n) is 1.24. The molecule has 0 spiro atoms. The summed E-state index contributed by atoms with van der Waals surface area (Å²) in [6.45, 7) is 0. The summed E-state index contributed by atoms with van der Waals surface area (Å²) in [7, 11) is 0. The number of rotatable bonds is 2. The molecule has 0 bridgehead atoms. The molecule has 2 N–H and O–H groups in total. The van der Waals surface area contributed by atoms with Gasteiger partial charge in [0.05, 0.1) is 0 Å². The fourth-order valence-corrected chi connectivity index (χ4v) is 1.24. The Morgan fingerprint density at radius 3 is 2.71 bits per heavy atom. The molecule has 0 unspecified atom stereocenters. The molecule has 1 aromatic heterocycles. The second-order valence-electron chi connectivity index (χ2n) is 2.99. The summed E-state index contributed by atoms with van der Waals surface area (Å²) >= 11 is 0. The SMILES string of the molecule is Nc1nocc1Cc1ccccc1F. The molecule has 4 heteroatoms. The maximum atomic E-state index is 13.2. The van der Waals surface area contributed by atoms with Gasteiger partial charge in [0.1, 0.15) is 12.1 Å². The summed E-state index contributed by atoms with van der Waals surface area (Å²) < 4.78 is 17.9. The minimum Gasteiger partial charge on any atom is -0.381 e. The van der Waals surface area contributed by atoms with E-state index in [1.807, 2.05) is 0 Å². The summed E-state index contributed by atoms with van der Waals surface area (Å²) in [5, 5.41) is 3.52. The monoisotopic (exact) mass is 192 g/mol. The van der Waals surface area contributed by atoms with Gasteiger partial charge in [0.2, 0.25) is 0 Å². The summed E-state index contributed by atoms with van der Waals surface area (Å²) in [5.74, 6) is 0.0707. The van der Waals surface area contributed by atoms with Gasteiger partial charge in [0.25, 0.3) is 0 Å². The molecule has 0 saturated carbocycles. The lowest BCUT2D eigenvalue weighted by Gasteiger charge is -1.99. The highest BCUT2D eigenvalue weighted by Crippen LogP contribution is 2.16. The van der Waals surface area contributed by atoms with Crippen molar-refractivity contribution in [3.63, 3.8) is 0 Å². The van der Waals surface area contributed by atoms with Crippen LogP contribution in [0.5, 0.6) is 0 Å². The van der Waals surface area contributed by atoms with E-state index in [9.17, 15) is 4.39 Å². The molecule has 72 valence electrons. The Balaban J connectivity index is 2.28. The summed E-state index contributed by atoms with van der Waals surface area (Å²) in [6, 6.07) is 6.55. The van der Waals surface area contributed by atoms with Crippen LogP contribution in [-0.2, 0) is 6.42 Å². The van der Waals surface area contributed by atoms with E-state index in [1.165, 1.54) is 12.3 Å². The van der Waals surface area contributed by atoms with Crippen molar-refractivity contribution in [1.29, 1.82) is 0 Å². The third kappa shape index (κ3) is 1.59. The first-order chi connectivity index (χ1) is 6.77. The quantitative estimate of drug-likeness (QED) is 0.791. The average Bonchev–Trinajstić information content (AvgIpc) is 2.56. The van der Waals surface area contributed by atoms with E-state index < -0.39 is 0 Å². The van der Waals surface area contributed by atoms with E-state index in [0.29, 0.717) is 23.4 Å². The third-order valence-corrected chi connectivity index (χ3v) is 2.01. The highest BCUT2D eigenvalue weighted by molar-refractivity contribution is 5.39. The van der Waals surface area contributed by atoms with Crippen molar-refractivity contribution in [2.75, 3.05) is 5.73 Å². The molecule has 3 nitrogen and oxygen atoms in total. The summed E-state index contributed by atoms with van der Waals surface area (Å²) in [4.78, 5) is 0. The van der Waals surface area contributed by atoms with Crippen LogP contribution in [-0.4, -0.2) is 5.16 Å². The molecule has 0 aliphatic carbocycles. The molecule has 2 rings (SSSR count). The number of nitrogens with zero attached hydrogens (tertiary/aromatic N) is 1. The lowest BCUT2D eigenvalue weighted by Crippen LogP contribution is -1.95. The zero-order valence-electron chi connectivity index (χ0n) is 7.40. The van der Waals surface area contributed by atoms with Gasteiger partial charge in [-0.25, -0.2) is 4.39 Å². The van der Waals surface area contributed by atoms with Crippen molar-refractivity contribution in [3.05, 3.63) is 47.5 Å². The Morgan fingerprint density at radius 1 is 1.29 bits per heavy atom. The number of hydrogen-bond acceptors (Lipinski definition) is 3. The average molecular weight is 192 g/mol. The predicted molar refractivity (Wildman–Crippen MR) is 50.1 cm³/mol. The molecule has 0 aliphatic rings. The maximum Gasteiger partial charge on any atom is 0.170 e. The number of nitrogens with two attached hydrogens (primary N) is 1. The first-order valence-corrected chi connectivity index (χ1v) is 4.19. The number of aromatic nitrogens is 1. The van der Waals surface area contributed by atoms with Gasteiger partial charge in [-0.1, -0.05) is 23.4 Å². The first kappa shape index (κ1) is 8.74. The van der Waals surface area contributed by atoms with Crippen molar-refractivity contribution >= 4 is 5.82 Å². The smallest absolute Gasteiger partial charge is 0.170 e. The molecule has 0 radical (unpaired) electrons. The lowest BCUT2D eigenvalue weighted by molar-refractivity contribution is 0.422. The molecule has 0 atom stereocenters. The third-order valence-electron chi connectivity index (χ3n) is 2.01. The molecule has 1 aromatic carbocycles. The lowest BCUT2D eigenvalue weighted by atomic mass is 10.1. The number of nitrogen functional groups attached to an aromatic ring is 1. The Bertz CT molecular complexity index is 439. The standard InChI is InChI=1S/C10H9FN2O/c11-9-4-2-1-3-7(9)5-8-6-14-13-10(8)12/h1-4,6H,5H2,(H2,12,13). The van der Waals surface area contributed by atoms with Crippen LogP contribution in [0.25, 0.3) is 0 Å². The van der Waals surface area contributed by atoms with Crippen LogP contribution in [0.4, 0.5) is 10.2 Å². The predicted octanol–water partition coefficient (Wildman–Crippen LogP) is 1.99. The molecule has 1 heterocycles. The van der Waals surface area contributed by atoms with E-state index in [2.05, 4.69) is 9.68 Å². The first-order valence-electron chi connectivity index (χ1n) is 4.19. The Hall–Kier alpha value is -1.84. The number of halogens is 1. The van der Waals surface area contributed by atoms with Gasteiger partial charge in [0, 0.05) is 12.0 Å². The largest absolute Gasteiger partial charge is 0.381 e. The zero-order chi connectivity index (χ0) is 9.97. The van der Waals surface area contributed by atoms with Crippen molar-refractivity contribution in [2.24, 2.45) is 0 Å². The van der Waals surface area contributed by atoms with Crippen LogP contribution in [0, 0.1) is 5.82 Å². The Kier molecular flexibility index (Phi) is 2.18.